The maximum absolute atomic E-state index is 11.9. The summed E-state index contributed by atoms with van der Waals surface area (Å²) in [6, 6.07) is 8.41. The van der Waals surface area contributed by atoms with Crippen LogP contribution >= 0.6 is 11.3 Å². The van der Waals surface area contributed by atoms with Crippen molar-refractivity contribution in [1.29, 1.82) is 0 Å². The summed E-state index contributed by atoms with van der Waals surface area (Å²) in [5, 5.41) is 9.51. The van der Waals surface area contributed by atoms with Crippen LogP contribution in [0.4, 0.5) is 0 Å². The minimum Gasteiger partial charge on any atom is -0.375 e. The number of benzene rings is 1. The minimum absolute atomic E-state index is 0.00287. The highest BCUT2D eigenvalue weighted by Gasteiger charge is 2.16. The molecule has 1 atom stereocenters. The van der Waals surface area contributed by atoms with E-state index in [-0.39, 0.29) is 12.0 Å². The van der Waals surface area contributed by atoms with Crippen LogP contribution in [0.15, 0.2) is 29.6 Å². The van der Waals surface area contributed by atoms with Gasteiger partial charge in [-0.1, -0.05) is 6.07 Å². The number of nitrogens with one attached hydrogen (secondary N) is 2. The molecular weight excluding hydrogens is 272 g/mol. The third-order valence-corrected chi connectivity index (χ3v) is 4.32. The Hall–Kier alpha value is -1.43. The molecule has 0 aliphatic carbocycles. The van der Waals surface area contributed by atoms with E-state index >= 15 is 0 Å². The van der Waals surface area contributed by atoms with Gasteiger partial charge in [0.05, 0.1) is 19.1 Å². The van der Waals surface area contributed by atoms with Gasteiger partial charge in [-0.3, -0.25) is 4.79 Å². The SMILES string of the molecule is O=C(C[C@@H]1CNCCO1)NCc1ccc2sccc2c1. The van der Waals surface area contributed by atoms with Gasteiger partial charge >= 0.3 is 0 Å². The molecule has 0 unspecified atom stereocenters. The molecule has 2 N–H and O–H groups in total. The van der Waals surface area contributed by atoms with Crippen LogP contribution in [0.5, 0.6) is 0 Å². The van der Waals surface area contributed by atoms with Gasteiger partial charge in [-0.15, -0.1) is 11.3 Å². The first kappa shape index (κ1) is 13.5. The highest BCUT2D eigenvalue weighted by atomic mass is 32.1. The normalized spacial score (nSPS) is 19.1. The monoisotopic (exact) mass is 290 g/mol. The number of carbonyl (C=O) groups excluding carboxylic acids is 1. The fourth-order valence-electron chi connectivity index (χ4n) is 2.36. The molecule has 1 saturated heterocycles. The standard InChI is InChI=1S/C15H18N2O2S/c18-15(8-13-10-16-4-5-19-13)17-9-11-1-2-14-12(7-11)3-6-20-14/h1-3,6-7,13,16H,4-5,8-10H2,(H,17,18)/t13-/m1/s1. The number of hydrogen-bond acceptors (Lipinski definition) is 4. The smallest absolute Gasteiger partial charge is 0.222 e. The quantitative estimate of drug-likeness (QED) is 0.904. The van der Waals surface area contributed by atoms with E-state index in [1.165, 1.54) is 10.1 Å². The zero-order chi connectivity index (χ0) is 13.8. The Labute approximate surface area is 122 Å². The Morgan fingerprint density at radius 2 is 2.40 bits per heavy atom. The van der Waals surface area contributed by atoms with Crippen molar-refractivity contribution in [3.05, 3.63) is 35.2 Å². The fraction of sp³-hybridized carbons (Fsp3) is 0.400. The number of morpholine rings is 1. The van der Waals surface area contributed by atoms with Crippen molar-refractivity contribution < 1.29 is 9.53 Å². The first-order valence-electron chi connectivity index (χ1n) is 6.86. The van der Waals surface area contributed by atoms with E-state index in [9.17, 15) is 4.79 Å². The van der Waals surface area contributed by atoms with E-state index < -0.39 is 0 Å². The predicted molar refractivity (Wildman–Crippen MR) is 80.9 cm³/mol. The topological polar surface area (TPSA) is 50.4 Å². The van der Waals surface area contributed by atoms with Gasteiger partial charge in [-0.25, -0.2) is 0 Å². The molecule has 0 bridgehead atoms. The molecular formula is C15H18N2O2S. The van der Waals surface area contributed by atoms with Crippen LogP contribution in [0.1, 0.15) is 12.0 Å². The van der Waals surface area contributed by atoms with Gasteiger partial charge < -0.3 is 15.4 Å². The summed E-state index contributed by atoms with van der Waals surface area (Å²) in [7, 11) is 0. The Morgan fingerprint density at radius 1 is 1.45 bits per heavy atom. The molecule has 1 amide bonds. The van der Waals surface area contributed by atoms with Crippen LogP contribution in [-0.4, -0.2) is 31.7 Å². The molecule has 20 heavy (non-hydrogen) atoms. The molecule has 1 aromatic carbocycles. The maximum Gasteiger partial charge on any atom is 0.222 e. The van der Waals surface area contributed by atoms with Gasteiger partial charge in [-0.2, -0.15) is 0 Å². The highest BCUT2D eigenvalue weighted by Crippen LogP contribution is 2.21. The molecule has 1 aromatic heterocycles. The Balaban J connectivity index is 1.51. The van der Waals surface area contributed by atoms with Gasteiger partial charge in [0.2, 0.25) is 5.91 Å². The lowest BCUT2D eigenvalue weighted by atomic mass is 10.1. The second-order valence-electron chi connectivity index (χ2n) is 4.97. The summed E-state index contributed by atoms with van der Waals surface area (Å²) >= 11 is 1.73. The van der Waals surface area contributed by atoms with Crippen molar-refractivity contribution in [2.45, 2.75) is 19.1 Å². The first-order valence-corrected chi connectivity index (χ1v) is 7.74. The van der Waals surface area contributed by atoms with Gasteiger partial charge in [0, 0.05) is 24.3 Å². The number of amides is 1. The van der Waals surface area contributed by atoms with Gasteiger partial charge in [-0.05, 0) is 34.5 Å². The molecule has 2 heterocycles. The summed E-state index contributed by atoms with van der Waals surface area (Å²) in [5.74, 6) is 0.0455. The second kappa shape index (κ2) is 6.35. The summed E-state index contributed by atoms with van der Waals surface area (Å²) in [5.41, 5.74) is 1.13. The molecule has 1 aliphatic rings. The largest absolute Gasteiger partial charge is 0.375 e. The van der Waals surface area contributed by atoms with E-state index in [1.807, 2.05) is 0 Å². The average molecular weight is 290 g/mol. The number of rotatable bonds is 4. The number of ether oxygens (including phenoxy) is 1. The molecule has 2 aromatic rings. The number of fused-ring (bicyclic) bond motifs is 1. The zero-order valence-electron chi connectivity index (χ0n) is 11.2. The summed E-state index contributed by atoms with van der Waals surface area (Å²) in [6.45, 7) is 2.89. The lowest BCUT2D eigenvalue weighted by Gasteiger charge is -2.23. The number of carbonyl (C=O) groups is 1. The van der Waals surface area contributed by atoms with Crippen LogP contribution in [0.25, 0.3) is 10.1 Å². The van der Waals surface area contributed by atoms with Crippen molar-refractivity contribution in [1.82, 2.24) is 10.6 Å². The van der Waals surface area contributed by atoms with Crippen molar-refractivity contribution >= 4 is 27.3 Å². The maximum atomic E-state index is 11.9. The van der Waals surface area contributed by atoms with Crippen molar-refractivity contribution in [2.75, 3.05) is 19.7 Å². The van der Waals surface area contributed by atoms with Crippen LogP contribution in [0, 0.1) is 0 Å². The molecule has 1 aliphatic heterocycles. The van der Waals surface area contributed by atoms with Crippen LogP contribution in [0.3, 0.4) is 0 Å². The molecule has 5 heteroatoms. The van der Waals surface area contributed by atoms with Crippen molar-refractivity contribution in [3.63, 3.8) is 0 Å². The third-order valence-electron chi connectivity index (χ3n) is 3.42. The average Bonchev–Trinajstić information content (AvgIpc) is 2.93. The zero-order valence-corrected chi connectivity index (χ0v) is 12.0. The summed E-state index contributed by atoms with van der Waals surface area (Å²) in [4.78, 5) is 11.9. The van der Waals surface area contributed by atoms with Gasteiger partial charge in [0.25, 0.3) is 0 Å². The first-order chi connectivity index (χ1) is 9.81. The molecule has 0 saturated carbocycles. The Bertz CT molecular complexity index is 590. The van der Waals surface area contributed by atoms with Crippen molar-refractivity contribution in [3.8, 4) is 0 Å². The number of hydrogen-bond donors (Lipinski definition) is 2. The predicted octanol–water partition coefficient (Wildman–Crippen LogP) is 1.90. The molecule has 0 spiro atoms. The molecule has 4 nitrogen and oxygen atoms in total. The van der Waals surface area contributed by atoms with Crippen LogP contribution in [-0.2, 0) is 16.1 Å². The lowest BCUT2D eigenvalue weighted by Crippen LogP contribution is -2.41. The molecule has 0 radical (unpaired) electrons. The van der Waals surface area contributed by atoms with Crippen LogP contribution < -0.4 is 10.6 Å². The van der Waals surface area contributed by atoms with Crippen LogP contribution in [0.2, 0.25) is 0 Å². The minimum atomic E-state index is 0.00287. The van der Waals surface area contributed by atoms with Crippen molar-refractivity contribution in [2.24, 2.45) is 0 Å². The Kier molecular flexibility index (Phi) is 4.30. The van der Waals surface area contributed by atoms with Gasteiger partial charge in [0.1, 0.15) is 0 Å². The molecule has 106 valence electrons. The summed E-state index contributed by atoms with van der Waals surface area (Å²) < 4.78 is 6.81. The second-order valence-corrected chi connectivity index (χ2v) is 5.92. The lowest BCUT2D eigenvalue weighted by molar-refractivity contribution is -0.124. The Morgan fingerprint density at radius 3 is 3.25 bits per heavy atom. The summed E-state index contributed by atoms with van der Waals surface area (Å²) in [6.07, 6.45) is 0.427. The van der Waals surface area contributed by atoms with E-state index in [4.69, 9.17) is 4.74 Å². The molecule has 1 fully saturated rings. The van der Waals surface area contributed by atoms with E-state index in [1.54, 1.807) is 11.3 Å². The fourth-order valence-corrected chi connectivity index (χ4v) is 3.13. The van der Waals surface area contributed by atoms with Gasteiger partial charge in [0.15, 0.2) is 0 Å². The highest BCUT2D eigenvalue weighted by molar-refractivity contribution is 7.17. The van der Waals surface area contributed by atoms with E-state index in [0.29, 0.717) is 19.6 Å². The van der Waals surface area contributed by atoms with E-state index in [2.05, 4.69) is 40.3 Å². The third kappa shape index (κ3) is 3.36. The number of thiophene rings is 1. The van der Waals surface area contributed by atoms with E-state index in [0.717, 1.165) is 18.7 Å². The molecule has 3 rings (SSSR count).